The third-order valence-electron chi connectivity index (χ3n) is 5.93. The van der Waals surface area contributed by atoms with Crippen molar-refractivity contribution in [1.29, 1.82) is 0 Å². The van der Waals surface area contributed by atoms with Crippen LogP contribution in [0.25, 0.3) is 0 Å². The van der Waals surface area contributed by atoms with Crippen LogP contribution in [0.4, 0.5) is 23.4 Å². The molecule has 1 aliphatic heterocycles. The van der Waals surface area contributed by atoms with E-state index in [1.807, 2.05) is 6.92 Å². The summed E-state index contributed by atoms with van der Waals surface area (Å²) in [6.07, 6.45) is -1.68. The average Bonchev–Trinajstić information content (AvgIpc) is 2.79. The Morgan fingerprint density at radius 1 is 1.12 bits per heavy atom. The highest BCUT2D eigenvalue weighted by Gasteiger charge is 2.39. The van der Waals surface area contributed by atoms with Crippen molar-refractivity contribution in [1.82, 2.24) is 9.97 Å². The molecule has 0 saturated heterocycles. The Morgan fingerprint density at radius 3 is 2.56 bits per heavy atom. The van der Waals surface area contributed by atoms with E-state index in [9.17, 15) is 26.0 Å². The predicted octanol–water partition coefficient (Wildman–Crippen LogP) is 4.90. The second-order valence-electron chi connectivity index (χ2n) is 8.10. The third-order valence-corrected chi connectivity index (χ3v) is 7.28. The maximum absolute atomic E-state index is 13.2. The minimum atomic E-state index is -4.54. The summed E-state index contributed by atoms with van der Waals surface area (Å²) in [7, 11) is -3.98. The Bertz CT molecular complexity index is 1300. The number of hydrogen-bond donors (Lipinski definition) is 1. The number of aryl methyl sites for hydroxylation is 1. The highest BCUT2D eigenvalue weighted by atomic mass is 32.2. The summed E-state index contributed by atoms with van der Waals surface area (Å²) in [6, 6.07) is 9.11. The Kier molecular flexibility index (Phi) is 6.24. The molecule has 0 spiro atoms. The molecule has 6 nitrogen and oxygen atoms in total. The maximum atomic E-state index is 13.2. The minimum absolute atomic E-state index is 0.0643. The molecule has 0 unspecified atom stereocenters. The van der Waals surface area contributed by atoms with Crippen molar-refractivity contribution in [2.45, 2.75) is 36.3 Å². The number of alkyl halides is 4. The van der Waals surface area contributed by atoms with Crippen LogP contribution in [0.2, 0.25) is 0 Å². The predicted molar refractivity (Wildman–Crippen MR) is 117 cm³/mol. The van der Waals surface area contributed by atoms with Gasteiger partial charge in [0.2, 0.25) is 0 Å². The molecule has 11 heteroatoms. The van der Waals surface area contributed by atoms with Crippen molar-refractivity contribution in [3.8, 4) is 5.75 Å². The molecular weight excluding hydrogens is 474 g/mol. The lowest BCUT2D eigenvalue weighted by Crippen LogP contribution is -2.32. The Labute approximate surface area is 194 Å². The van der Waals surface area contributed by atoms with E-state index in [0.29, 0.717) is 23.3 Å². The summed E-state index contributed by atoms with van der Waals surface area (Å²) >= 11 is 0. The van der Waals surface area contributed by atoms with E-state index >= 15 is 0 Å². The molecule has 4 rings (SSSR count). The van der Waals surface area contributed by atoms with Crippen molar-refractivity contribution in [2.24, 2.45) is 0 Å². The summed E-state index contributed by atoms with van der Waals surface area (Å²) in [5.74, 6) is 0.393. The van der Waals surface area contributed by atoms with Crippen molar-refractivity contribution >= 4 is 15.8 Å². The minimum Gasteiger partial charge on any atom is -0.493 e. The summed E-state index contributed by atoms with van der Waals surface area (Å²) in [5, 5.41) is 0. The van der Waals surface area contributed by atoms with Gasteiger partial charge >= 0.3 is 6.18 Å². The Balaban J connectivity index is 1.75. The fourth-order valence-corrected chi connectivity index (χ4v) is 5.21. The Hall–Kier alpha value is -3.21. The summed E-state index contributed by atoms with van der Waals surface area (Å²) in [4.78, 5) is 7.52. The zero-order valence-electron chi connectivity index (χ0n) is 18.1. The Morgan fingerprint density at radius 2 is 1.88 bits per heavy atom. The number of nitrogens with one attached hydrogen (secondary N) is 1. The van der Waals surface area contributed by atoms with E-state index in [1.54, 1.807) is 6.07 Å². The molecule has 1 atom stereocenters. The number of halogens is 4. The van der Waals surface area contributed by atoms with Gasteiger partial charge in [-0.3, -0.25) is 9.11 Å². The summed E-state index contributed by atoms with van der Waals surface area (Å²) in [6.45, 7) is 1.24. The van der Waals surface area contributed by atoms with Crippen molar-refractivity contribution < 1.29 is 30.7 Å². The van der Waals surface area contributed by atoms with Gasteiger partial charge in [-0.15, -0.1) is 0 Å². The molecule has 1 N–H and O–H groups in total. The molecule has 0 radical (unpaired) electrons. The molecule has 0 aliphatic carbocycles. The lowest BCUT2D eigenvalue weighted by Gasteiger charge is -2.38. The maximum Gasteiger partial charge on any atom is 0.416 e. The smallest absolute Gasteiger partial charge is 0.416 e. The van der Waals surface area contributed by atoms with Gasteiger partial charge < -0.3 is 4.74 Å². The quantitative estimate of drug-likeness (QED) is 0.492. The number of anilines is 1. The molecule has 0 bridgehead atoms. The summed E-state index contributed by atoms with van der Waals surface area (Å²) in [5.41, 5.74) is -0.218. The van der Waals surface area contributed by atoms with E-state index in [-0.39, 0.29) is 29.3 Å². The molecule has 0 saturated carbocycles. The molecule has 180 valence electrons. The first kappa shape index (κ1) is 23.9. The van der Waals surface area contributed by atoms with Crippen LogP contribution in [0.5, 0.6) is 5.75 Å². The van der Waals surface area contributed by atoms with Gasteiger partial charge in [0.25, 0.3) is 10.0 Å². The highest BCUT2D eigenvalue weighted by Crippen LogP contribution is 2.46. The molecule has 3 aromatic rings. The number of ether oxygens (including phenoxy) is 1. The number of rotatable bonds is 6. The monoisotopic (exact) mass is 495 g/mol. The van der Waals surface area contributed by atoms with Crippen LogP contribution in [0.15, 0.2) is 59.9 Å². The zero-order chi connectivity index (χ0) is 24.6. The molecule has 0 amide bonds. The molecular formula is C23H21F4N3O3S. The van der Waals surface area contributed by atoms with Crippen LogP contribution in [0.1, 0.15) is 35.6 Å². The first-order chi connectivity index (χ1) is 16.0. The molecule has 2 aromatic carbocycles. The van der Waals surface area contributed by atoms with Gasteiger partial charge in [-0.2, -0.15) is 13.2 Å². The second kappa shape index (κ2) is 8.86. The van der Waals surface area contributed by atoms with E-state index < -0.39 is 33.9 Å². The lowest BCUT2D eigenvalue weighted by molar-refractivity contribution is -0.137. The van der Waals surface area contributed by atoms with Crippen molar-refractivity contribution in [2.75, 3.05) is 18.0 Å². The lowest BCUT2D eigenvalue weighted by atomic mass is 9.70. The van der Waals surface area contributed by atoms with Crippen LogP contribution in [-0.2, 0) is 28.0 Å². The van der Waals surface area contributed by atoms with Gasteiger partial charge in [0.15, 0.2) is 0 Å². The number of nitrogens with zero attached hydrogens (tertiary/aromatic N) is 2. The second-order valence-corrected chi connectivity index (χ2v) is 9.78. The first-order valence-electron chi connectivity index (χ1n) is 10.4. The van der Waals surface area contributed by atoms with Crippen LogP contribution in [0, 0.1) is 0 Å². The van der Waals surface area contributed by atoms with Gasteiger partial charge in [-0.1, -0.05) is 19.1 Å². The zero-order valence-corrected chi connectivity index (χ0v) is 18.9. The number of benzene rings is 2. The SMILES string of the molecule is C[C@@]1(c2ccc(C(F)(F)F)cc2CCF)CCOc2cc(S(=O)(=O)Nc3ccncn3)ccc21. The highest BCUT2D eigenvalue weighted by molar-refractivity contribution is 7.92. The van der Waals surface area contributed by atoms with E-state index in [0.717, 1.165) is 12.1 Å². The molecule has 1 aliphatic rings. The normalized spacial score (nSPS) is 18.1. The van der Waals surface area contributed by atoms with Crippen molar-refractivity contribution in [3.63, 3.8) is 0 Å². The molecule has 0 fully saturated rings. The third kappa shape index (κ3) is 4.56. The number of sulfonamides is 1. The van der Waals surface area contributed by atoms with Gasteiger partial charge in [-0.05, 0) is 41.8 Å². The fourth-order valence-electron chi connectivity index (χ4n) is 4.19. The van der Waals surface area contributed by atoms with Crippen molar-refractivity contribution in [3.05, 3.63) is 77.2 Å². The van der Waals surface area contributed by atoms with Crippen LogP contribution < -0.4 is 9.46 Å². The van der Waals surface area contributed by atoms with Gasteiger partial charge in [-0.25, -0.2) is 18.4 Å². The standard InChI is InChI=1S/C23H21F4N3O3S/c1-22(18-4-2-16(23(25,26)27)12-15(18)6-9-24)8-11-33-20-13-17(3-5-19(20)22)34(31,32)30-21-7-10-28-14-29-21/h2-5,7,10,12-14H,6,8-9,11H2,1H3,(H,28,29,30)/t22-/m0/s1. The van der Waals surface area contributed by atoms with Crippen LogP contribution in [-0.4, -0.2) is 31.7 Å². The van der Waals surface area contributed by atoms with Crippen LogP contribution in [0.3, 0.4) is 0 Å². The molecule has 2 heterocycles. The van der Waals surface area contributed by atoms with E-state index in [1.165, 1.54) is 36.8 Å². The molecule has 1 aromatic heterocycles. The number of hydrogen-bond acceptors (Lipinski definition) is 5. The number of aromatic nitrogens is 2. The fraction of sp³-hybridized carbons (Fsp3) is 0.304. The first-order valence-corrected chi connectivity index (χ1v) is 11.9. The van der Waals surface area contributed by atoms with Gasteiger partial charge in [0.1, 0.15) is 17.9 Å². The van der Waals surface area contributed by atoms with Crippen LogP contribution >= 0.6 is 0 Å². The average molecular weight is 495 g/mol. The molecule has 34 heavy (non-hydrogen) atoms. The van der Waals surface area contributed by atoms with E-state index in [2.05, 4.69) is 14.7 Å². The van der Waals surface area contributed by atoms with Gasteiger partial charge in [0.05, 0.1) is 23.7 Å². The summed E-state index contributed by atoms with van der Waals surface area (Å²) < 4.78 is 86.7. The van der Waals surface area contributed by atoms with Gasteiger partial charge in [0, 0.05) is 29.7 Å². The largest absolute Gasteiger partial charge is 0.493 e. The van der Waals surface area contributed by atoms with E-state index in [4.69, 9.17) is 4.74 Å². The topological polar surface area (TPSA) is 81.2 Å². The number of fused-ring (bicyclic) bond motifs is 1.